The van der Waals surface area contributed by atoms with Crippen molar-refractivity contribution in [3.05, 3.63) is 0 Å². The van der Waals surface area contributed by atoms with Gasteiger partial charge in [-0.15, -0.1) is 0 Å². The molecule has 2 N–H and O–H groups in total. The second-order valence-electron chi connectivity index (χ2n) is 5.98. The molecule has 122 valence electrons. The second-order valence-corrected chi connectivity index (χ2v) is 5.98. The first-order valence-corrected chi connectivity index (χ1v) is 8.60. The molecule has 2 rings (SSSR count). The zero-order valence-electron chi connectivity index (χ0n) is 13.4. The van der Waals surface area contributed by atoms with Gasteiger partial charge in [0.05, 0.1) is 12.7 Å². The molecule has 5 nitrogen and oxygen atoms in total. The molecule has 2 fully saturated rings. The van der Waals surface area contributed by atoms with Crippen molar-refractivity contribution in [2.75, 3.05) is 39.5 Å². The van der Waals surface area contributed by atoms with Crippen molar-refractivity contribution < 1.29 is 9.47 Å². The number of hydrogen-bond acceptors (Lipinski definition) is 3. The van der Waals surface area contributed by atoms with E-state index in [2.05, 4.69) is 22.5 Å². The van der Waals surface area contributed by atoms with Crippen LogP contribution >= 0.6 is 0 Å². The highest BCUT2D eigenvalue weighted by Gasteiger charge is 2.20. The van der Waals surface area contributed by atoms with Crippen LogP contribution in [0.5, 0.6) is 0 Å². The van der Waals surface area contributed by atoms with E-state index in [1.807, 2.05) is 0 Å². The Balaban J connectivity index is 1.50. The normalized spacial score (nSPS) is 22.5. The summed E-state index contributed by atoms with van der Waals surface area (Å²) in [6.45, 7) is 7.23. The average molecular weight is 297 g/mol. The minimum Gasteiger partial charge on any atom is -0.379 e. The molecule has 0 bridgehead atoms. The van der Waals surface area contributed by atoms with E-state index in [1.54, 1.807) is 0 Å². The maximum atomic E-state index is 5.74. The predicted molar refractivity (Wildman–Crippen MR) is 85.7 cm³/mol. The molecule has 0 aromatic carbocycles. The second kappa shape index (κ2) is 10.0. The standard InChI is InChI=1S/C16H31N3O2/c1-2-17-16(18-9-3-5-14-6-7-14)19-10-4-11-21-15-8-12-20-13-15/h14-15H,2-13H2,1H3,(H2,17,18,19). The molecule has 0 spiro atoms. The quantitative estimate of drug-likeness (QED) is 0.367. The van der Waals surface area contributed by atoms with Crippen LogP contribution in [0, 0.1) is 5.92 Å². The molecular formula is C16H31N3O2. The lowest BCUT2D eigenvalue weighted by Crippen LogP contribution is -2.38. The monoisotopic (exact) mass is 297 g/mol. The number of nitrogens with zero attached hydrogens (tertiary/aromatic N) is 1. The molecular weight excluding hydrogens is 266 g/mol. The van der Waals surface area contributed by atoms with Crippen LogP contribution in [-0.4, -0.2) is 51.5 Å². The molecule has 1 saturated carbocycles. The fraction of sp³-hybridized carbons (Fsp3) is 0.938. The minimum absolute atomic E-state index is 0.308. The first-order valence-electron chi connectivity index (χ1n) is 8.60. The van der Waals surface area contributed by atoms with E-state index in [0.717, 1.165) is 64.2 Å². The molecule has 0 aromatic heterocycles. The summed E-state index contributed by atoms with van der Waals surface area (Å²) in [6.07, 6.45) is 7.82. The number of guanidine groups is 1. The summed E-state index contributed by atoms with van der Waals surface area (Å²) >= 11 is 0. The Morgan fingerprint density at radius 3 is 2.86 bits per heavy atom. The van der Waals surface area contributed by atoms with Crippen molar-refractivity contribution in [3.8, 4) is 0 Å². The van der Waals surface area contributed by atoms with Crippen LogP contribution < -0.4 is 10.6 Å². The largest absolute Gasteiger partial charge is 0.379 e. The van der Waals surface area contributed by atoms with Gasteiger partial charge in [0.25, 0.3) is 0 Å². The summed E-state index contributed by atoms with van der Waals surface area (Å²) in [5.74, 6) is 1.96. The summed E-state index contributed by atoms with van der Waals surface area (Å²) in [5, 5.41) is 6.71. The average Bonchev–Trinajstić information content (AvgIpc) is 3.17. The molecule has 1 aliphatic heterocycles. The summed E-state index contributed by atoms with van der Waals surface area (Å²) in [4.78, 5) is 4.59. The Hall–Kier alpha value is -0.810. The van der Waals surface area contributed by atoms with E-state index < -0.39 is 0 Å². The van der Waals surface area contributed by atoms with Crippen molar-refractivity contribution in [2.24, 2.45) is 10.9 Å². The fourth-order valence-electron chi connectivity index (χ4n) is 2.50. The predicted octanol–water partition coefficient (Wildman–Crippen LogP) is 1.93. The van der Waals surface area contributed by atoms with Crippen LogP contribution in [0.15, 0.2) is 4.99 Å². The third-order valence-corrected chi connectivity index (χ3v) is 3.94. The molecule has 1 aliphatic carbocycles. The van der Waals surface area contributed by atoms with Gasteiger partial charge in [0.2, 0.25) is 0 Å². The van der Waals surface area contributed by atoms with Gasteiger partial charge in [0.1, 0.15) is 0 Å². The number of rotatable bonds is 10. The molecule has 1 atom stereocenters. The van der Waals surface area contributed by atoms with Crippen LogP contribution in [0.4, 0.5) is 0 Å². The first kappa shape index (κ1) is 16.6. The molecule has 1 unspecified atom stereocenters. The Morgan fingerprint density at radius 1 is 1.24 bits per heavy atom. The highest BCUT2D eigenvalue weighted by Crippen LogP contribution is 2.33. The Kier molecular flexibility index (Phi) is 7.89. The van der Waals surface area contributed by atoms with Gasteiger partial charge in [-0.3, -0.25) is 4.99 Å². The lowest BCUT2D eigenvalue weighted by molar-refractivity contribution is 0.0424. The summed E-state index contributed by atoms with van der Waals surface area (Å²) < 4.78 is 11.0. The maximum absolute atomic E-state index is 5.74. The third-order valence-electron chi connectivity index (χ3n) is 3.94. The zero-order valence-corrected chi connectivity index (χ0v) is 13.4. The number of hydrogen-bond donors (Lipinski definition) is 2. The van der Waals surface area contributed by atoms with Crippen molar-refractivity contribution in [1.29, 1.82) is 0 Å². The van der Waals surface area contributed by atoms with Gasteiger partial charge in [-0.1, -0.05) is 12.8 Å². The first-order chi connectivity index (χ1) is 10.4. The lowest BCUT2D eigenvalue weighted by Gasteiger charge is -2.12. The Labute approximate surface area is 128 Å². The van der Waals surface area contributed by atoms with Gasteiger partial charge < -0.3 is 20.1 Å². The van der Waals surface area contributed by atoms with E-state index >= 15 is 0 Å². The van der Waals surface area contributed by atoms with Gasteiger partial charge in [-0.2, -0.15) is 0 Å². The Bertz CT molecular complexity index is 300. The minimum atomic E-state index is 0.308. The highest BCUT2D eigenvalue weighted by molar-refractivity contribution is 5.79. The number of nitrogens with one attached hydrogen (secondary N) is 2. The molecule has 0 aromatic rings. The number of aliphatic imine (C=N–C) groups is 1. The van der Waals surface area contributed by atoms with E-state index in [-0.39, 0.29) is 0 Å². The van der Waals surface area contributed by atoms with E-state index in [9.17, 15) is 0 Å². The van der Waals surface area contributed by atoms with Crippen LogP contribution in [0.3, 0.4) is 0 Å². The van der Waals surface area contributed by atoms with Crippen molar-refractivity contribution >= 4 is 5.96 Å². The number of ether oxygens (including phenoxy) is 2. The molecule has 2 aliphatic rings. The summed E-state index contributed by atoms with van der Waals surface area (Å²) in [5.41, 5.74) is 0. The van der Waals surface area contributed by atoms with Gasteiger partial charge >= 0.3 is 0 Å². The van der Waals surface area contributed by atoms with Crippen LogP contribution in [0.25, 0.3) is 0 Å². The molecule has 5 heteroatoms. The summed E-state index contributed by atoms with van der Waals surface area (Å²) in [6, 6.07) is 0. The van der Waals surface area contributed by atoms with E-state index in [0.29, 0.717) is 6.10 Å². The van der Waals surface area contributed by atoms with Crippen molar-refractivity contribution in [3.63, 3.8) is 0 Å². The van der Waals surface area contributed by atoms with Gasteiger partial charge in [0.15, 0.2) is 5.96 Å². The van der Waals surface area contributed by atoms with Crippen molar-refractivity contribution in [1.82, 2.24) is 10.6 Å². The van der Waals surface area contributed by atoms with Gasteiger partial charge in [-0.05, 0) is 38.5 Å². The smallest absolute Gasteiger partial charge is 0.191 e. The van der Waals surface area contributed by atoms with Gasteiger partial charge in [0, 0.05) is 32.8 Å². The van der Waals surface area contributed by atoms with Crippen LogP contribution in [0.2, 0.25) is 0 Å². The van der Waals surface area contributed by atoms with E-state index in [4.69, 9.17) is 9.47 Å². The van der Waals surface area contributed by atoms with Gasteiger partial charge in [-0.25, -0.2) is 0 Å². The SMILES string of the molecule is CCNC(=NCCCOC1CCOC1)NCCCC1CC1. The summed E-state index contributed by atoms with van der Waals surface area (Å²) in [7, 11) is 0. The lowest BCUT2D eigenvalue weighted by atomic mass is 10.2. The van der Waals surface area contributed by atoms with Crippen molar-refractivity contribution in [2.45, 2.75) is 51.6 Å². The van der Waals surface area contributed by atoms with Crippen LogP contribution in [-0.2, 0) is 9.47 Å². The molecule has 1 saturated heterocycles. The molecule has 0 amide bonds. The Morgan fingerprint density at radius 2 is 2.14 bits per heavy atom. The topological polar surface area (TPSA) is 54.9 Å². The molecule has 1 heterocycles. The zero-order chi connectivity index (χ0) is 14.8. The molecule has 21 heavy (non-hydrogen) atoms. The maximum Gasteiger partial charge on any atom is 0.191 e. The van der Waals surface area contributed by atoms with E-state index in [1.165, 1.54) is 25.7 Å². The molecule has 0 radical (unpaired) electrons. The highest BCUT2D eigenvalue weighted by atomic mass is 16.5. The third kappa shape index (κ3) is 7.67. The van der Waals surface area contributed by atoms with Crippen LogP contribution in [0.1, 0.15) is 45.4 Å². The fourth-order valence-corrected chi connectivity index (χ4v) is 2.50.